The van der Waals surface area contributed by atoms with E-state index in [-0.39, 0.29) is 25.0 Å². The molecular weight excluding hydrogens is 128 g/mol. The van der Waals surface area contributed by atoms with Crippen molar-refractivity contribution in [2.75, 3.05) is 0 Å². The fourth-order valence-corrected chi connectivity index (χ4v) is 0. The van der Waals surface area contributed by atoms with Crippen molar-refractivity contribution in [2.24, 2.45) is 0 Å². The van der Waals surface area contributed by atoms with E-state index < -0.39 is 0 Å². The minimum Gasteiger partial charge on any atom is -2.00 e. The fraction of sp³-hybridized carbons (Fsp3) is 0. The second kappa shape index (κ2) is 56.8. The summed E-state index contributed by atoms with van der Waals surface area (Å²) in [5.74, 6) is 0. The largest absolute Gasteiger partial charge is 2.00 e. The van der Waals surface area contributed by atoms with Gasteiger partial charge in [0.2, 0.25) is 0 Å². The number of hydrogen-bond acceptors (Lipinski definition) is 1. The van der Waals surface area contributed by atoms with Gasteiger partial charge < -0.3 is 5.48 Å². The zero-order valence-corrected chi connectivity index (χ0v) is 6.22. The van der Waals surface area contributed by atoms with Gasteiger partial charge in [0.25, 0.3) is 0 Å². The van der Waals surface area contributed by atoms with Crippen LogP contribution in [0.1, 0.15) is 0 Å². The van der Waals surface area contributed by atoms with Gasteiger partial charge in [-0.15, -0.1) is 0 Å². The zero-order chi connectivity index (χ0) is 2.00. The topological polar surface area (TPSA) is 45.6 Å². The van der Waals surface area contributed by atoms with Crippen LogP contribution in [0.2, 0.25) is 0 Å². The van der Waals surface area contributed by atoms with E-state index in [1.807, 2.05) is 0 Å². The molecule has 0 saturated carbocycles. The predicted molar refractivity (Wildman–Crippen MR) is 11.1 cm³/mol. The fourth-order valence-electron chi connectivity index (χ4n) is 0. The Bertz CT molecular complexity index is 6.00. The van der Waals surface area contributed by atoms with Gasteiger partial charge in [0.1, 0.15) is 0 Å². The Morgan fingerprint density at radius 1 is 1.25 bits per heavy atom. The average molecular weight is 130 g/mol. The van der Waals surface area contributed by atoms with Crippen LogP contribution in [0.25, 0.3) is 0 Å². The maximum absolute atomic E-state index is 8.17. The molecule has 0 spiro atoms. The van der Waals surface area contributed by atoms with E-state index in [1.165, 1.54) is 9.12 Å². The van der Waals surface area contributed by atoms with Gasteiger partial charge in [0, 0.05) is 0 Å². The molecule has 0 aliphatic carbocycles. The van der Waals surface area contributed by atoms with E-state index in [0.717, 1.165) is 0 Å². The smallest absolute Gasteiger partial charge is 2.00 e. The average Bonchev–Trinajstić information content (AvgIpc) is 1.00. The molecule has 4 heteroatoms. The van der Waals surface area contributed by atoms with Crippen molar-refractivity contribution in [3.8, 4) is 0 Å². The number of hydrogen-bond donors (Lipinski definition) is 0. The summed E-state index contributed by atoms with van der Waals surface area (Å²) in [6.45, 7) is 0. The van der Waals surface area contributed by atoms with Gasteiger partial charge in [-0.3, -0.25) is 0 Å². The zero-order valence-electron chi connectivity index (χ0n) is 2.10. The van der Waals surface area contributed by atoms with E-state index in [1.54, 1.807) is 0 Å². The van der Waals surface area contributed by atoms with E-state index in [4.69, 9.17) is 4.57 Å². The Hall–Kier alpha value is 0.683. The molecule has 0 aliphatic rings. The predicted octanol–water partition coefficient (Wildman–Crippen LogP) is 0.0857. The van der Waals surface area contributed by atoms with Crippen LogP contribution in [0.15, 0.2) is 0 Å². The molecule has 0 N–H and O–H groups in total. The third-order valence-electron chi connectivity index (χ3n) is 0. The molecule has 0 aromatic rings. The third kappa shape index (κ3) is 16.3. The van der Waals surface area contributed by atoms with Gasteiger partial charge in [-0.25, -0.2) is 0 Å². The van der Waals surface area contributed by atoms with Crippen LogP contribution >= 0.6 is 9.12 Å². The molecule has 0 amide bonds. The van der Waals surface area contributed by atoms with Crippen LogP contribution in [0.3, 0.4) is 0 Å². The Labute approximate surface area is 39.3 Å². The van der Waals surface area contributed by atoms with Crippen molar-refractivity contribution in [3.63, 3.8) is 0 Å². The molecule has 0 heterocycles. The minimum atomic E-state index is 0. The van der Waals surface area contributed by atoms with E-state index >= 15 is 0 Å². The van der Waals surface area contributed by atoms with Crippen LogP contribution in [0.4, 0.5) is 0 Å². The summed E-state index contributed by atoms with van der Waals surface area (Å²) >= 11 is 0. The van der Waals surface area contributed by atoms with Gasteiger partial charge in [-0.2, -0.15) is 0 Å². The molecule has 0 aliphatic heterocycles. The molecule has 2 nitrogen and oxygen atoms in total. The van der Waals surface area contributed by atoms with Crippen molar-refractivity contribution < 1.29 is 29.5 Å². The molecule has 0 radical (unpaired) electrons. The Morgan fingerprint density at radius 2 is 1.25 bits per heavy atom. The molecule has 0 aromatic carbocycles. The summed E-state index contributed by atoms with van der Waals surface area (Å²) in [6, 6.07) is 0. The van der Waals surface area contributed by atoms with Gasteiger partial charge in [0.05, 0.1) is 0 Å². The molecule has 20 valence electrons. The molecule has 1 unspecified atom stereocenters. The van der Waals surface area contributed by atoms with Crippen molar-refractivity contribution in [1.29, 1.82) is 0 Å². The summed E-state index contributed by atoms with van der Waals surface area (Å²) in [5.41, 5.74) is 0. The molecule has 0 bridgehead atoms. The van der Waals surface area contributed by atoms with Crippen LogP contribution < -0.4 is 0 Å². The maximum Gasteiger partial charge on any atom is 2.00 e. The van der Waals surface area contributed by atoms with Crippen LogP contribution in [-0.4, -0.2) is 0 Å². The van der Waals surface area contributed by atoms with Crippen LogP contribution in [0.5, 0.6) is 0 Å². The Kier molecular flexibility index (Phi) is 318. The molecule has 0 rings (SSSR count). The molecule has 1 atom stereocenters. The summed E-state index contributed by atoms with van der Waals surface area (Å²) in [4.78, 5) is 0. The van der Waals surface area contributed by atoms with E-state index in [2.05, 4.69) is 0 Å². The van der Waals surface area contributed by atoms with Gasteiger partial charge in [-0.05, 0) is 0 Å². The first-order chi connectivity index (χ1) is 1.00. The monoisotopic (exact) mass is 129 g/mol. The van der Waals surface area contributed by atoms with Gasteiger partial charge >= 0.3 is 28.6 Å². The second-order valence-electron chi connectivity index (χ2n) is 0. The van der Waals surface area contributed by atoms with Crippen molar-refractivity contribution >= 4 is 9.12 Å². The SMILES string of the molecule is O=[PH2+].[O-2].[Zn+2]. The Balaban J connectivity index is -0.00000000500. The van der Waals surface area contributed by atoms with E-state index in [0.29, 0.717) is 0 Å². The Morgan fingerprint density at radius 3 is 1.25 bits per heavy atom. The maximum atomic E-state index is 8.17. The van der Waals surface area contributed by atoms with E-state index in [9.17, 15) is 0 Å². The third-order valence-corrected chi connectivity index (χ3v) is 0. The quantitative estimate of drug-likeness (QED) is 0.338. The molecular formula is H2O2PZn+. The van der Waals surface area contributed by atoms with Gasteiger partial charge in [-0.1, -0.05) is 4.57 Å². The first-order valence-corrected chi connectivity index (χ1v) is 0.707. The summed E-state index contributed by atoms with van der Waals surface area (Å²) in [6.07, 6.45) is 0. The van der Waals surface area contributed by atoms with Crippen molar-refractivity contribution in [1.82, 2.24) is 0 Å². The molecule has 0 aromatic heterocycles. The van der Waals surface area contributed by atoms with Crippen LogP contribution in [0, 0.1) is 0 Å². The van der Waals surface area contributed by atoms with Crippen molar-refractivity contribution in [3.05, 3.63) is 0 Å². The second-order valence-corrected chi connectivity index (χ2v) is 0. The van der Waals surface area contributed by atoms with Crippen molar-refractivity contribution in [2.45, 2.75) is 0 Å². The molecule has 0 fully saturated rings. The normalized spacial score (nSPS) is 1.00. The first kappa shape index (κ1) is 22.4. The summed E-state index contributed by atoms with van der Waals surface area (Å²) in [7, 11) is 1.17. The number of rotatable bonds is 0. The summed E-state index contributed by atoms with van der Waals surface area (Å²) < 4.78 is 8.17. The minimum absolute atomic E-state index is 0. The van der Waals surface area contributed by atoms with Crippen LogP contribution in [-0.2, 0) is 29.5 Å². The first-order valence-electron chi connectivity index (χ1n) is 0.236. The molecule has 4 heavy (non-hydrogen) atoms. The van der Waals surface area contributed by atoms with Gasteiger partial charge in [0.15, 0.2) is 0 Å². The standard InChI is InChI=1S/H2OP.O.Zn/c1-2;;/h2H2;;/q+1;-2;+2. The molecule has 0 saturated heterocycles. The summed E-state index contributed by atoms with van der Waals surface area (Å²) in [5, 5.41) is 0.